The summed E-state index contributed by atoms with van der Waals surface area (Å²) in [6.45, 7) is 5.72. The lowest BCUT2D eigenvalue weighted by Gasteiger charge is -2.29. The van der Waals surface area contributed by atoms with Crippen LogP contribution in [-0.2, 0) is 0 Å². The van der Waals surface area contributed by atoms with E-state index in [4.69, 9.17) is 5.73 Å². The Morgan fingerprint density at radius 1 is 1.25 bits per heavy atom. The zero-order chi connectivity index (χ0) is 14.3. The second kappa shape index (κ2) is 5.02. The maximum absolute atomic E-state index is 9.43. The van der Waals surface area contributed by atoms with Crippen molar-refractivity contribution in [2.45, 2.75) is 39.2 Å². The summed E-state index contributed by atoms with van der Waals surface area (Å²) in [5, 5.41) is 17.9. The highest BCUT2D eigenvalue weighted by Crippen LogP contribution is 2.38. The molecule has 0 aromatic carbocycles. The SMILES string of the molecule is Cc1nnc(N2CC3CCCC(N)C3C2)c(C#N)c1C. The highest BCUT2D eigenvalue weighted by atomic mass is 15.3. The lowest BCUT2D eigenvalue weighted by molar-refractivity contribution is 0.260. The molecule has 1 saturated heterocycles. The molecule has 20 heavy (non-hydrogen) atoms. The Hall–Kier alpha value is -1.67. The van der Waals surface area contributed by atoms with Crippen molar-refractivity contribution in [3.05, 3.63) is 16.8 Å². The summed E-state index contributed by atoms with van der Waals surface area (Å²) in [4.78, 5) is 2.22. The van der Waals surface area contributed by atoms with Crippen molar-refractivity contribution in [3.8, 4) is 6.07 Å². The van der Waals surface area contributed by atoms with E-state index in [-0.39, 0.29) is 0 Å². The summed E-state index contributed by atoms with van der Waals surface area (Å²) in [5.41, 5.74) is 8.70. The maximum Gasteiger partial charge on any atom is 0.169 e. The van der Waals surface area contributed by atoms with Crippen LogP contribution in [-0.4, -0.2) is 29.3 Å². The Balaban J connectivity index is 1.92. The third kappa shape index (κ3) is 2.04. The summed E-state index contributed by atoms with van der Waals surface area (Å²) in [7, 11) is 0. The Bertz CT molecular complexity index is 562. The molecule has 3 unspecified atom stereocenters. The standard InChI is InChI=1S/C15H21N5/c1-9-10(2)18-19-15(12(9)6-16)20-7-11-4-3-5-14(17)13(11)8-20/h11,13-14H,3-5,7-8,17H2,1-2H3. The molecule has 1 aromatic heterocycles. The van der Waals surface area contributed by atoms with Crippen LogP contribution in [0.2, 0.25) is 0 Å². The van der Waals surface area contributed by atoms with Crippen molar-refractivity contribution in [2.24, 2.45) is 17.6 Å². The van der Waals surface area contributed by atoms with Crippen LogP contribution in [0.4, 0.5) is 5.82 Å². The first-order valence-electron chi connectivity index (χ1n) is 7.36. The van der Waals surface area contributed by atoms with Gasteiger partial charge in [-0.05, 0) is 44.1 Å². The Morgan fingerprint density at radius 2 is 2.05 bits per heavy atom. The third-order valence-corrected chi connectivity index (χ3v) is 5.00. The van der Waals surface area contributed by atoms with Gasteiger partial charge in [0, 0.05) is 19.1 Å². The molecule has 2 N–H and O–H groups in total. The van der Waals surface area contributed by atoms with Crippen molar-refractivity contribution in [2.75, 3.05) is 18.0 Å². The molecule has 3 atom stereocenters. The van der Waals surface area contributed by atoms with Crippen molar-refractivity contribution in [1.29, 1.82) is 5.26 Å². The molecule has 0 radical (unpaired) electrons. The van der Waals surface area contributed by atoms with Crippen molar-refractivity contribution in [1.82, 2.24) is 10.2 Å². The Morgan fingerprint density at radius 3 is 2.75 bits per heavy atom. The minimum absolute atomic E-state index is 0.295. The first-order valence-corrected chi connectivity index (χ1v) is 7.36. The summed E-state index contributed by atoms with van der Waals surface area (Å²) in [6.07, 6.45) is 3.59. The molecule has 2 aliphatic rings. The fourth-order valence-corrected chi connectivity index (χ4v) is 3.64. The minimum Gasteiger partial charge on any atom is -0.353 e. The van der Waals surface area contributed by atoms with Crippen LogP contribution < -0.4 is 10.6 Å². The summed E-state index contributed by atoms with van der Waals surface area (Å²) < 4.78 is 0. The van der Waals surface area contributed by atoms with Crippen LogP contribution in [0.25, 0.3) is 0 Å². The van der Waals surface area contributed by atoms with Gasteiger partial charge >= 0.3 is 0 Å². The average Bonchev–Trinajstić information content (AvgIpc) is 2.87. The topological polar surface area (TPSA) is 78.8 Å². The molecule has 1 aromatic rings. The fourth-order valence-electron chi connectivity index (χ4n) is 3.64. The van der Waals surface area contributed by atoms with Gasteiger partial charge in [0.15, 0.2) is 5.82 Å². The van der Waals surface area contributed by atoms with Gasteiger partial charge in [-0.3, -0.25) is 0 Å². The maximum atomic E-state index is 9.43. The predicted molar refractivity (Wildman–Crippen MR) is 77.2 cm³/mol. The molecule has 0 bridgehead atoms. The largest absolute Gasteiger partial charge is 0.353 e. The summed E-state index contributed by atoms with van der Waals surface area (Å²) in [5.74, 6) is 1.93. The fraction of sp³-hybridized carbons (Fsp3) is 0.667. The average molecular weight is 271 g/mol. The molecular weight excluding hydrogens is 250 g/mol. The van der Waals surface area contributed by atoms with Gasteiger partial charge in [-0.15, -0.1) is 5.10 Å². The number of nitrogens with two attached hydrogens (primary N) is 1. The van der Waals surface area contributed by atoms with Crippen molar-refractivity contribution in [3.63, 3.8) is 0 Å². The molecule has 1 aliphatic heterocycles. The second-order valence-electron chi connectivity index (χ2n) is 6.14. The quantitative estimate of drug-likeness (QED) is 0.838. The normalized spacial score (nSPS) is 29.1. The molecule has 1 saturated carbocycles. The van der Waals surface area contributed by atoms with Gasteiger partial charge in [0.25, 0.3) is 0 Å². The Labute approximate surface area is 119 Å². The monoisotopic (exact) mass is 271 g/mol. The summed E-state index contributed by atoms with van der Waals surface area (Å²) >= 11 is 0. The van der Waals surface area contributed by atoms with Crippen molar-refractivity contribution >= 4 is 5.82 Å². The van der Waals surface area contributed by atoms with Crippen LogP contribution in [0.1, 0.15) is 36.1 Å². The number of anilines is 1. The van der Waals surface area contributed by atoms with E-state index in [2.05, 4.69) is 21.2 Å². The smallest absolute Gasteiger partial charge is 0.169 e. The van der Waals surface area contributed by atoms with Gasteiger partial charge in [0.05, 0.1) is 5.69 Å². The highest BCUT2D eigenvalue weighted by molar-refractivity contribution is 5.58. The van der Waals surface area contributed by atoms with Gasteiger partial charge < -0.3 is 10.6 Å². The van der Waals surface area contributed by atoms with Crippen LogP contribution in [0.15, 0.2) is 0 Å². The molecule has 0 spiro atoms. The number of nitrogens with zero attached hydrogens (tertiary/aromatic N) is 4. The first-order chi connectivity index (χ1) is 9.61. The molecule has 2 heterocycles. The van der Waals surface area contributed by atoms with Gasteiger partial charge in [0.1, 0.15) is 11.6 Å². The number of fused-ring (bicyclic) bond motifs is 1. The van der Waals surface area contributed by atoms with Gasteiger partial charge in [0.2, 0.25) is 0 Å². The number of hydrogen-bond donors (Lipinski definition) is 1. The number of nitriles is 1. The second-order valence-corrected chi connectivity index (χ2v) is 6.14. The van der Waals surface area contributed by atoms with Crippen LogP contribution in [0, 0.1) is 37.0 Å². The molecule has 5 heteroatoms. The van der Waals surface area contributed by atoms with E-state index < -0.39 is 0 Å². The number of hydrogen-bond acceptors (Lipinski definition) is 5. The van der Waals surface area contributed by atoms with Crippen LogP contribution in [0.5, 0.6) is 0 Å². The molecule has 3 rings (SSSR count). The van der Waals surface area contributed by atoms with E-state index in [1.807, 2.05) is 13.8 Å². The molecule has 2 fully saturated rings. The number of rotatable bonds is 1. The molecule has 5 nitrogen and oxygen atoms in total. The van der Waals surface area contributed by atoms with Crippen molar-refractivity contribution < 1.29 is 0 Å². The van der Waals surface area contributed by atoms with E-state index >= 15 is 0 Å². The highest BCUT2D eigenvalue weighted by Gasteiger charge is 2.40. The summed E-state index contributed by atoms with van der Waals surface area (Å²) in [6, 6.07) is 2.59. The van der Waals surface area contributed by atoms with E-state index in [9.17, 15) is 5.26 Å². The first kappa shape index (κ1) is 13.3. The number of aryl methyl sites for hydroxylation is 1. The Kier molecular flexibility index (Phi) is 3.35. The van der Waals surface area contributed by atoms with E-state index in [0.717, 1.165) is 36.6 Å². The lowest BCUT2D eigenvalue weighted by Crippen LogP contribution is -2.38. The van der Waals surface area contributed by atoms with Crippen LogP contribution in [0.3, 0.4) is 0 Å². The van der Waals surface area contributed by atoms with Crippen LogP contribution >= 0.6 is 0 Å². The van der Waals surface area contributed by atoms with Gasteiger partial charge in [-0.1, -0.05) is 6.42 Å². The third-order valence-electron chi connectivity index (χ3n) is 5.00. The van der Waals surface area contributed by atoms with Gasteiger partial charge in [-0.2, -0.15) is 10.4 Å². The predicted octanol–water partition coefficient (Wildman–Crippen LogP) is 1.53. The molecule has 0 amide bonds. The number of aromatic nitrogens is 2. The minimum atomic E-state index is 0.295. The zero-order valence-corrected chi connectivity index (χ0v) is 12.1. The molecule has 1 aliphatic carbocycles. The molecular formula is C15H21N5. The van der Waals surface area contributed by atoms with E-state index in [0.29, 0.717) is 23.4 Å². The van der Waals surface area contributed by atoms with E-state index in [1.54, 1.807) is 0 Å². The van der Waals surface area contributed by atoms with E-state index in [1.165, 1.54) is 12.8 Å². The molecule has 106 valence electrons. The zero-order valence-electron chi connectivity index (χ0n) is 12.1. The lowest BCUT2D eigenvalue weighted by atomic mass is 9.78. The van der Waals surface area contributed by atoms with Gasteiger partial charge in [-0.25, -0.2) is 0 Å².